The number of amides is 3. The number of anilines is 1. The largest absolute Gasteiger partial charge is 0.493 e. The Kier molecular flexibility index (Phi) is 10.2. The molecule has 3 amide bonds. The Morgan fingerprint density at radius 1 is 1.03 bits per heavy atom. The van der Waals surface area contributed by atoms with E-state index in [0.717, 1.165) is 28.1 Å². The number of carbonyl (C=O) groups excluding carboxylic acids is 2. The number of methoxy groups -OCH3 is 2. The van der Waals surface area contributed by atoms with Crippen molar-refractivity contribution in [3.63, 3.8) is 0 Å². The lowest BCUT2D eigenvalue weighted by molar-refractivity contribution is -0.132. The molecule has 38 heavy (non-hydrogen) atoms. The first-order valence-electron chi connectivity index (χ1n) is 11.9. The number of nitrogens with one attached hydrogen (secondary N) is 1. The molecule has 1 N–H and O–H groups in total. The van der Waals surface area contributed by atoms with Crippen LogP contribution < -0.4 is 14.8 Å². The predicted octanol–water partition coefficient (Wildman–Crippen LogP) is 5.64. The van der Waals surface area contributed by atoms with Crippen molar-refractivity contribution < 1.29 is 27.8 Å². The smallest absolute Gasteiger partial charge is 0.322 e. The van der Waals surface area contributed by atoms with E-state index in [4.69, 9.17) is 9.47 Å². The van der Waals surface area contributed by atoms with Gasteiger partial charge in [-0.15, -0.1) is 17.9 Å². The summed E-state index contributed by atoms with van der Waals surface area (Å²) in [5.41, 5.74) is 2.12. The van der Waals surface area contributed by atoms with Crippen LogP contribution in [0.4, 0.5) is 19.3 Å². The molecule has 1 aromatic heterocycles. The molecule has 202 valence electrons. The van der Waals surface area contributed by atoms with Gasteiger partial charge in [-0.3, -0.25) is 4.79 Å². The highest BCUT2D eigenvalue weighted by Crippen LogP contribution is 2.28. The fraction of sp³-hybridized carbons (Fsp3) is 0.286. The maximum Gasteiger partial charge on any atom is 0.322 e. The number of hydrogen-bond acceptors (Lipinski definition) is 5. The van der Waals surface area contributed by atoms with Gasteiger partial charge in [-0.1, -0.05) is 12.1 Å². The molecule has 10 heteroatoms. The van der Waals surface area contributed by atoms with Crippen LogP contribution in [0.2, 0.25) is 0 Å². The minimum atomic E-state index is -1.08. The van der Waals surface area contributed by atoms with Gasteiger partial charge in [0.25, 0.3) is 0 Å². The monoisotopic (exact) mass is 543 g/mol. The van der Waals surface area contributed by atoms with Crippen LogP contribution in [0.5, 0.6) is 11.5 Å². The molecule has 0 unspecified atom stereocenters. The zero-order chi connectivity index (χ0) is 27.7. The van der Waals surface area contributed by atoms with Crippen LogP contribution in [0, 0.1) is 18.6 Å². The van der Waals surface area contributed by atoms with E-state index in [1.807, 2.05) is 36.6 Å². The maximum atomic E-state index is 13.6. The number of ether oxygens (including phenoxy) is 2. The molecule has 0 bridgehead atoms. The van der Waals surface area contributed by atoms with Gasteiger partial charge >= 0.3 is 6.03 Å². The van der Waals surface area contributed by atoms with Crippen LogP contribution in [-0.2, 0) is 17.8 Å². The summed E-state index contributed by atoms with van der Waals surface area (Å²) in [6.07, 6.45) is 2.05. The molecule has 0 aliphatic heterocycles. The van der Waals surface area contributed by atoms with Crippen molar-refractivity contribution in [1.82, 2.24) is 9.80 Å². The van der Waals surface area contributed by atoms with Gasteiger partial charge in [0.15, 0.2) is 23.1 Å². The molecule has 0 spiro atoms. The lowest BCUT2D eigenvalue weighted by Gasteiger charge is -2.27. The highest BCUT2D eigenvalue weighted by molar-refractivity contribution is 7.10. The minimum absolute atomic E-state index is 0.0786. The first-order valence-corrected chi connectivity index (χ1v) is 12.8. The number of hydrogen-bond donors (Lipinski definition) is 1. The normalized spacial score (nSPS) is 10.6. The first-order chi connectivity index (χ1) is 18.2. The Balaban J connectivity index is 1.76. The lowest BCUT2D eigenvalue weighted by Crippen LogP contribution is -2.45. The van der Waals surface area contributed by atoms with Gasteiger partial charge in [-0.25, -0.2) is 13.6 Å². The highest BCUT2D eigenvalue weighted by atomic mass is 32.1. The van der Waals surface area contributed by atoms with Gasteiger partial charge in [0, 0.05) is 29.7 Å². The Hall–Kier alpha value is -3.92. The van der Waals surface area contributed by atoms with E-state index in [9.17, 15) is 18.4 Å². The maximum absolute atomic E-state index is 13.6. The van der Waals surface area contributed by atoms with Crippen molar-refractivity contribution in [3.05, 3.63) is 88.1 Å². The third-order valence-corrected chi connectivity index (χ3v) is 6.92. The van der Waals surface area contributed by atoms with E-state index >= 15 is 0 Å². The van der Waals surface area contributed by atoms with Crippen molar-refractivity contribution in [3.8, 4) is 11.5 Å². The van der Waals surface area contributed by atoms with E-state index in [2.05, 4.69) is 11.9 Å². The number of nitrogens with zero attached hydrogens (tertiary/aromatic N) is 2. The number of aryl methyl sites for hydroxylation is 1. The molecule has 0 fully saturated rings. The highest BCUT2D eigenvalue weighted by Gasteiger charge is 2.22. The zero-order valence-corrected chi connectivity index (χ0v) is 22.4. The summed E-state index contributed by atoms with van der Waals surface area (Å²) in [4.78, 5) is 30.4. The molecule has 3 rings (SSSR count). The predicted molar refractivity (Wildman–Crippen MR) is 145 cm³/mol. The van der Waals surface area contributed by atoms with Gasteiger partial charge < -0.3 is 24.6 Å². The van der Waals surface area contributed by atoms with Gasteiger partial charge in [-0.05, 0) is 60.2 Å². The van der Waals surface area contributed by atoms with E-state index in [-0.39, 0.29) is 24.7 Å². The molecule has 0 radical (unpaired) electrons. The number of benzene rings is 2. The average molecular weight is 544 g/mol. The Morgan fingerprint density at radius 3 is 2.42 bits per heavy atom. The molecule has 2 aromatic carbocycles. The van der Waals surface area contributed by atoms with E-state index in [0.29, 0.717) is 31.0 Å². The fourth-order valence-corrected chi connectivity index (χ4v) is 4.67. The SMILES string of the molecule is C=CCN(CC(=O)N(CCc1ccc(OC)c(OC)c1)Cc1sccc1C)C(=O)Nc1ccc(F)c(F)c1. The zero-order valence-electron chi connectivity index (χ0n) is 21.6. The summed E-state index contributed by atoms with van der Waals surface area (Å²) in [5.74, 6) is -1.15. The second-order valence-electron chi connectivity index (χ2n) is 8.51. The molecule has 3 aromatic rings. The van der Waals surface area contributed by atoms with Crippen LogP contribution in [0.15, 0.2) is 60.5 Å². The van der Waals surface area contributed by atoms with Crippen LogP contribution in [-0.4, -0.2) is 55.6 Å². The summed E-state index contributed by atoms with van der Waals surface area (Å²) < 4.78 is 37.5. The summed E-state index contributed by atoms with van der Waals surface area (Å²) in [6.45, 7) is 6.31. The van der Waals surface area contributed by atoms with Crippen LogP contribution in [0.3, 0.4) is 0 Å². The minimum Gasteiger partial charge on any atom is -0.493 e. The number of rotatable bonds is 12. The second-order valence-corrected chi connectivity index (χ2v) is 9.51. The summed E-state index contributed by atoms with van der Waals surface area (Å²) in [5, 5.41) is 4.49. The van der Waals surface area contributed by atoms with E-state index < -0.39 is 17.7 Å². The third kappa shape index (κ3) is 7.55. The van der Waals surface area contributed by atoms with Gasteiger partial charge in [0.2, 0.25) is 5.91 Å². The second kappa shape index (κ2) is 13.6. The Labute approximate surface area is 225 Å². The Bertz CT molecular complexity index is 1280. The van der Waals surface area contributed by atoms with Gasteiger partial charge in [-0.2, -0.15) is 0 Å². The molecule has 0 aliphatic rings. The average Bonchev–Trinajstić information content (AvgIpc) is 3.31. The van der Waals surface area contributed by atoms with Crippen molar-refractivity contribution >= 4 is 29.0 Å². The number of urea groups is 1. The summed E-state index contributed by atoms with van der Waals surface area (Å²) in [6, 6.07) is 10.0. The number of halogens is 2. The van der Waals surface area contributed by atoms with Crippen LogP contribution in [0.25, 0.3) is 0 Å². The quantitative estimate of drug-likeness (QED) is 0.300. The van der Waals surface area contributed by atoms with Crippen molar-refractivity contribution in [2.45, 2.75) is 19.9 Å². The molecule has 0 saturated carbocycles. The summed E-state index contributed by atoms with van der Waals surface area (Å²) in [7, 11) is 3.13. The van der Waals surface area contributed by atoms with E-state index in [1.54, 1.807) is 30.5 Å². The first kappa shape index (κ1) is 28.6. The topological polar surface area (TPSA) is 71.1 Å². The van der Waals surface area contributed by atoms with Crippen molar-refractivity contribution in [2.75, 3.05) is 39.2 Å². The van der Waals surface area contributed by atoms with Crippen LogP contribution >= 0.6 is 11.3 Å². The lowest BCUT2D eigenvalue weighted by atomic mass is 10.1. The fourth-order valence-electron chi connectivity index (χ4n) is 3.75. The molecular weight excluding hydrogens is 512 g/mol. The Morgan fingerprint density at radius 2 is 1.79 bits per heavy atom. The van der Waals surface area contributed by atoms with Crippen molar-refractivity contribution in [1.29, 1.82) is 0 Å². The molecule has 0 saturated heterocycles. The standard InChI is InChI=1S/C28H31F2N3O4S/c1-5-12-33(28(35)31-21-7-8-22(29)23(30)16-21)18-27(34)32(17-26-19(2)11-14-38-26)13-10-20-6-9-24(36-3)25(15-20)37-4/h5-9,11,14-16H,1,10,12-13,17-18H2,2-4H3,(H,31,35). The molecule has 0 aliphatic carbocycles. The molecule has 7 nitrogen and oxygen atoms in total. The number of thiophene rings is 1. The third-order valence-electron chi connectivity index (χ3n) is 5.91. The van der Waals surface area contributed by atoms with Gasteiger partial charge in [0.05, 0.1) is 20.8 Å². The summed E-state index contributed by atoms with van der Waals surface area (Å²) >= 11 is 1.56. The number of carbonyl (C=O) groups is 2. The molecule has 0 atom stereocenters. The van der Waals surface area contributed by atoms with Gasteiger partial charge in [0.1, 0.15) is 6.54 Å². The van der Waals surface area contributed by atoms with E-state index in [1.165, 1.54) is 17.0 Å². The molecular formula is C28H31F2N3O4S. The molecule has 1 heterocycles. The van der Waals surface area contributed by atoms with Crippen molar-refractivity contribution in [2.24, 2.45) is 0 Å². The van der Waals surface area contributed by atoms with Crippen LogP contribution in [0.1, 0.15) is 16.0 Å².